The third-order valence-electron chi connectivity index (χ3n) is 4.76. The van der Waals surface area contributed by atoms with Gasteiger partial charge < -0.3 is 14.6 Å². The number of benzene rings is 1. The van der Waals surface area contributed by atoms with E-state index in [0.29, 0.717) is 30.8 Å². The van der Waals surface area contributed by atoms with Crippen LogP contribution in [0.5, 0.6) is 0 Å². The van der Waals surface area contributed by atoms with Gasteiger partial charge >= 0.3 is 0 Å². The Hall–Kier alpha value is -3.03. The van der Waals surface area contributed by atoms with Gasteiger partial charge in [0.1, 0.15) is 17.3 Å². The molecule has 0 radical (unpaired) electrons. The average Bonchev–Trinajstić information content (AvgIpc) is 3.05. The molecule has 1 N–H and O–H groups in total. The molecular weight excluding hydrogens is 370 g/mol. The molecule has 1 aromatic heterocycles. The Morgan fingerprint density at radius 2 is 1.82 bits per heavy atom. The molecule has 1 aliphatic heterocycles. The predicted molar refractivity (Wildman–Crippen MR) is 99.2 cm³/mol. The predicted octanol–water partition coefficient (Wildman–Crippen LogP) is 2.38. The van der Waals surface area contributed by atoms with Crippen molar-refractivity contribution in [3.05, 3.63) is 69.1 Å². The summed E-state index contributed by atoms with van der Waals surface area (Å²) in [5.74, 6) is -1.21. The van der Waals surface area contributed by atoms with Gasteiger partial charge in [-0.3, -0.25) is 14.4 Å². The van der Waals surface area contributed by atoms with Crippen LogP contribution in [0.4, 0.5) is 8.78 Å². The van der Waals surface area contributed by atoms with Crippen LogP contribution in [0.25, 0.3) is 0 Å². The van der Waals surface area contributed by atoms with E-state index in [4.69, 9.17) is 9.90 Å². The maximum atomic E-state index is 13.3. The summed E-state index contributed by atoms with van der Waals surface area (Å²) in [5, 5.41) is 6.89. The Kier molecular flexibility index (Phi) is 7.03. The monoisotopic (exact) mass is 392 g/mol. The number of carbonyl (C=O) groups is 2. The molecule has 8 heteroatoms. The Balaban J connectivity index is 0.000000878. The van der Waals surface area contributed by atoms with Crippen LogP contribution < -0.4 is 5.43 Å². The van der Waals surface area contributed by atoms with Crippen molar-refractivity contribution in [2.75, 3.05) is 13.1 Å². The van der Waals surface area contributed by atoms with E-state index in [-0.39, 0.29) is 23.7 Å². The van der Waals surface area contributed by atoms with E-state index in [9.17, 15) is 18.4 Å². The summed E-state index contributed by atoms with van der Waals surface area (Å²) in [6.07, 6.45) is 1.29. The summed E-state index contributed by atoms with van der Waals surface area (Å²) >= 11 is 0. The summed E-state index contributed by atoms with van der Waals surface area (Å²) in [6, 6.07) is 6.36. The van der Waals surface area contributed by atoms with Crippen molar-refractivity contribution in [1.29, 1.82) is 0 Å². The van der Waals surface area contributed by atoms with Crippen molar-refractivity contribution in [1.82, 2.24) is 9.47 Å². The van der Waals surface area contributed by atoms with Gasteiger partial charge in [-0.05, 0) is 43.4 Å². The van der Waals surface area contributed by atoms with Gasteiger partial charge in [-0.1, -0.05) is 0 Å². The first-order valence-corrected chi connectivity index (χ1v) is 8.75. The second-order valence-electron chi connectivity index (χ2n) is 6.77. The summed E-state index contributed by atoms with van der Waals surface area (Å²) in [5.41, 5.74) is 1.49. The van der Waals surface area contributed by atoms with E-state index in [0.717, 1.165) is 18.2 Å². The number of aryl methyl sites for hydroxylation is 1. The highest BCUT2D eigenvalue weighted by Gasteiger charge is 2.28. The van der Waals surface area contributed by atoms with Crippen LogP contribution in [0.1, 0.15) is 28.2 Å². The Morgan fingerprint density at radius 1 is 1.21 bits per heavy atom. The highest BCUT2D eigenvalue weighted by atomic mass is 19.1. The van der Waals surface area contributed by atoms with Crippen molar-refractivity contribution >= 4 is 12.4 Å². The smallest absolute Gasteiger partial charge is 0.290 e. The zero-order valence-corrected chi connectivity index (χ0v) is 15.7. The van der Waals surface area contributed by atoms with Crippen LogP contribution in [0.3, 0.4) is 0 Å². The average molecular weight is 392 g/mol. The van der Waals surface area contributed by atoms with Gasteiger partial charge in [0, 0.05) is 44.0 Å². The van der Waals surface area contributed by atoms with Crippen molar-refractivity contribution in [2.45, 2.75) is 19.8 Å². The van der Waals surface area contributed by atoms with Crippen LogP contribution in [-0.4, -0.2) is 40.0 Å². The normalized spacial score (nSPS) is 15.7. The number of pyridine rings is 1. The molecule has 0 saturated carbocycles. The third-order valence-corrected chi connectivity index (χ3v) is 4.76. The Morgan fingerprint density at radius 3 is 2.43 bits per heavy atom. The molecule has 28 heavy (non-hydrogen) atoms. The highest BCUT2D eigenvalue weighted by Crippen LogP contribution is 2.23. The molecule has 1 atom stereocenters. The quantitative estimate of drug-likeness (QED) is 0.814. The summed E-state index contributed by atoms with van der Waals surface area (Å²) in [7, 11) is 1.76. The van der Waals surface area contributed by atoms with Gasteiger partial charge in [-0.25, -0.2) is 8.78 Å². The second-order valence-corrected chi connectivity index (χ2v) is 6.77. The van der Waals surface area contributed by atoms with Crippen molar-refractivity contribution in [2.24, 2.45) is 13.0 Å². The summed E-state index contributed by atoms with van der Waals surface area (Å²) in [6.45, 7) is 2.62. The zero-order valence-electron chi connectivity index (χ0n) is 15.7. The number of nitrogens with zero attached hydrogens (tertiary/aromatic N) is 2. The molecule has 2 aromatic rings. The van der Waals surface area contributed by atoms with Crippen LogP contribution in [0.2, 0.25) is 0 Å². The standard InChI is InChI=1S/C19H20F2N2O2.CH2O2/c1-12-5-17(24)10-18(22(12)2)19(25)23-4-3-13(11-23)6-14-7-15(20)9-16(21)8-14;2-1-3/h5,7-10,13H,3-4,6,11H2,1-2H3;1H,(H,2,3). The first-order valence-electron chi connectivity index (χ1n) is 8.75. The minimum Gasteiger partial charge on any atom is -0.483 e. The number of halogens is 2. The largest absolute Gasteiger partial charge is 0.483 e. The zero-order chi connectivity index (χ0) is 20.8. The fourth-order valence-corrected chi connectivity index (χ4v) is 3.38. The molecule has 1 aromatic carbocycles. The number of carbonyl (C=O) groups excluding carboxylic acids is 1. The highest BCUT2D eigenvalue weighted by molar-refractivity contribution is 5.92. The van der Waals surface area contributed by atoms with Gasteiger partial charge in [0.05, 0.1) is 0 Å². The number of likely N-dealkylation sites (tertiary alicyclic amines) is 1. The van der Waals surface area contributed by atoms with Crippen LogP contribution in [0, 0.1) is 24.5 Å². The lowest BCUT2D eigenvalue weighted by molar-refractivity contribution is -0.122. The van der Waals surface area contributed by atoms with Crippen LogP contribution in [-0.2, 0) is 18.3 Å². The fraction of sp³-hybridized carbons (Fsp3) is 0.350. The first-order chi connectivity index (χ1) is 13.2. The maximum Gasteiger partial charge on any atom is 0.290 e. The molecule has 2 heterocycles. The minimum atomic E-state index is -0.587. The second kappa shape index (κ2) is 9.25. The molecule has 0 aliphatic carbocycles. The molecule has 1 amide bonds. The molecule has 1 fully saturated rings. The molecule has 150 valence electrons. The number of carboxylic acid groups (broad SMARTS) is 1. The molecule has 1 unspecified atom stereocenters. The van der Waals surface area contributed by atoms with E-state index in [1.54, 1.807) is 23.4 Å². The third kappa shape index (κ3) is 5.25. The van der Waals surface area contributed by atoms with Gasteiger partial charge in [-0.15, -0.1) is 0 Å². The van der Waals surface area contributed by atoms with E-state index < -0.39 is 11.6 Å². The van der Waals surface area contributed by atoms with E-state index in [1.807, 2.05) is 0 Å². The topological polar surface area (TPSA) is 79.6 Å². The van der Waals surface area contributed by atoms with Crippen LogP contribution >= 0.6 is 0 Å². The van der Waals surface area contributed by atoms with Gasteiger partial charge in [-0.2, -0.15) is 0 Å². The fourth-order valence-electron chi connectivity index (χ4n) is 3.38. The van der Waals surface area contributed by atoms with Crippen molar-refractivity contribution < 1.29 is 23.5 Å². The SMILES string of the molecule is Cc1cc(=O)cc(C(=O)N2CCC(Cc3cc(F)cc(F)c3)C2)n1C.O=CO. The minimum absolute atomic E-state index is 0.145. The molecule has 1 aliphatic rings. The molecule has 3 rings (SSSR count). The lowest BCUT2D eigenvalue weighted by Gasteiger charge is -2.19. The van der Waals surface area contributed by atoms with Gasteiger partial charge in [0.25, 0.3) is 12.4 Å². The number of aromatic nitrogens is 1. The van der Waals surface area contributed by atoms with E-state index in [2.05, 4.69) is 0 Å². The molecule has 1 saturated heterocycles. The number of hydrogen-bond acceptors (Lipinski definition) is 3. The van der Waals surface area contributed by atoms with Crippen molar-refractivity contribution in [3.63, 3.8) is 0 Å². The van der Waals surface area contributed by atoms with Gasteiger partial charge in [0.15, 0.2) is 5.43 Å². The molecule has 0 spiro atoms. The lowest BCUT2D eigenvalue weighted by atomic mass is 9.98. The van der Waals surface area contributed by atoms with E-state index >= 15 is 0 Å². The Bertz CT molecular complexity index is 907. The molecule has 6 nitrogen and oxygen atoms in total. The summed E-state index contributed by atoms with van der Waals surface area (Å²) in [4.78, 5) is 34.5. The summed E-state index contributed by atoms with van der Waals surface area (Å²) < 4.78 is 28.3. The van der Waals surface area contributed by atoms with Crippen molar-refractivity contribution in [3.8, 4) is 0 Å². The number of hydrogen-bond donors (Lipinski definition) is 1. The number of amides is 1. The molecule has 0 bridgehead atoms. The molecular formula is C20H22F2N2O4. The Labute approximate surface area is 161 Å². The lowest BCUT2D eigenvalue weighted by Crippen LogP contribution is -2.32. The first kappa shape index (κ1) is 21.3. The van der Waals surface area contributed by atoms with E-state index in [1.165, 1.54) is 24.3 Å². The van der Waals surface area contributed by atoms with Gasteiger partial charge in [0.2, 0.25) is 0 Å². The number of rotatable bonds is 3. The van der Waals surface area contributed by atoms with Crippen LogP contribution in [0.15, 0.2) is 35.1 Å². The maximum absolute atomic E-state index is 13.3.